The van der Waals surface area contributed by atoms with E-state index in [1.165, 1.54) is 13.4 Å². The van der Waals surface area contributed by atoms with Crippen molar-refractivity contribution in [1.82, 2.24) is 15.1 Å². The number of para-hydroxylation sites is 1. The van der Waals surface area contributed by atoms with E-state index in [4.69, 9.17) is 9.15 Å². The van der Waals surface area contributed by atoms with Crippen molar-refractivity contribution in [1.29, 1.82) is 0 Å². The van der Waals surface area contributed by atoms with Gasteiger partial charge in [-0.3, -0.25) is 4.79 Å². The van der Waals surface area contributed by atoms with Gasteiger partial charge in [-0.15, -0.1) is 0 Å². The number of phenolic OH excluding ortho intramolecular Hbond substituents is 1. The van der Waals surface area contributed by atoms with Crippen LogP contribution in [0.4, 0.5) is 0 Å². The molecule has 1 aliphatic rings. The zero-order valence-electron chi connectivity index (χ0n) is 16.2. The van der Waals surface area contributed by atoms with Crippen molar-refractivity contribution in [3.05, 3.63) is 47.9 Å². The number of amides is 1. The molecule has 3 rings (SSSR count). The molecule has 0 aliphatic carbocycles. The summed E-state index contributed by atoms with van der Waals surface area (Å²) in [5.74, 6) is 1.58. The topological polar surface area (TPSA) is 90.5 Å². The number of benzene rings is 1. The molecule has 0 saturated carbocycles. The highest BCUT2D eigenvalue weighted by molar-refractivity contribution is 5.91. The molecule has 0 atom stereocenters. The Morgan fingerprint density at radius 3 is 2.61 bits per heavy atom. The highest BCUT2D eigenvalue weighted by atomic mass is 16.5. The first-order valence-corrected chi connectivity index (χ1v) is 9.35. The maximum atomic E-state index is 12.4. The molecule has 0 spiro atoms. The summed E-state index contributed by atoms with van der Waals surface area (Å²) in [6.45, 7) is 5.59. The molecule has 1 saturated heterocycles. The van der Waals surface area contributed by atoms with Crippen molar-refractivity contribution < 1.29 is 19.1 Å². The summed E-state index contributed by atoms with van der Waals surface area (Å²) >= 11 is 0. The standard InChI is InChI=1S/C20H26N4O4/c1-3-21-20(22-14-15-6-4-7-16(27-2)18(15)25)24-11-9-23(10-12-24)19(26)17-8-5-13-28-17/h4-8,13,25H,3,9-12,14H2,1-2H3,(H,21,22). The van der Waals surface area contributed by atoms with Crippen molar-refractivity contribution in [2.45, 2.75) is 13.5 Å². The van der Waals surface area contributed by atoms with Crippen LogP contribution >= 0.6 is 0 Å². The molecular weight excluding hydrogens is 360 g/mol. The van der Waals surface area contributed by atoms with Crippen LogP contribution in [0.15, 0.2) is 46.0 Å². The summed E-state index contributed by atoms with van der Waals surface area (Å²) in [4.78, 5) is 21.0. The minimum Gasteiger partial charge on any atom is -0.504 e. The lowest BCUT2D eigenvalue weighted by Gasteiger charge is -2.36. The normalized spacial score (nSPS) is 14.9. The number of hydrogen-bond donors (Lipinski definition) is 2. The molecule has 2 N–H and O–H groups in total. The number of furan rings is 1. The van der Waals surface area contributed by atoms with Gasteiger partial charge in [0, 0.05) is 38.3 Å². The number of methoxy groups -OCH3 is 1. The number of aliphatic imine (C=N–C) groups is 1. The molecule has 150 valence electrons. The highest BCUT2D eigenvalue weighted by Gasteiger charge is 2.25. The molecule has 0 bridgehead atoms. The number of aromatic hydroxyl groups is 1. The molecule has 1 fully saturated rings. The van der Waals surface area contributed by atoms with Crippen LogP contribution in [0.3, 0.4) is 0 Å². The molecule has 1 aromatic carbocycles. The Hall–Kier alpha value is -3.16. The van der Waals surface area contributed by atoms with E-state index in [0.29, 0.717) is 49.8 Å². The average Bonchev–Trinajstić information content (AvgIpc) is 3.26. The lowest BCUT2D eigenvalue weighted by molar-refractivity contribution is 0.0657. The number of rotatable bonds is 5. The highest BCUT2D eigenvalue weighted by Crippen LogP contribution is 2.29. The zero-order chi connectivity index (χ0) is 19.9. The molecule has 0 radical (unpaired) electrons. The molecular formula is C20H26N4O4. The Morgan fingerprint density at radius 2 is 1.96 bits per heavy atom. The number of guanidine groups is 1. The van der Waals surface area contributed by atoms with Crippen LogP contribution in [0.2, 0.25) is 0 Å². The van der Waals surface area contributed by atoms with E-state index < -0.39 is 0 Å². The third kappa shape index (κ3) is 4.39. The number of phenols is 1. The zero-order valence-corrected chi connectivity index (χ0v) is 16.2. The lowest BCUT2D eigenvalue weighted by Crippen LogP contribution is -2.53. The molecule has 0 unspecified atom stereocenters. The van der Waals surface area contributed by atoms with Gasteiger partial charge in [-0.25, -0.2) is 4.99 Å². The number of ether oxygens (including phenoxy) is 1. The Balaban J connectivity index is 1.65. The predicted molar refractivity (Wildman–Crippen MR) is 106 cm³/mol. The molecule has 8 nitrogen and oxygen atoms in total. The van der Waals surface area contributed by atoms with Crippen LogP contribution in [0, 0.1) is 0 Å². The second-order valence-corrected chi connectivity index (χ2v) is 6.39. The molecule has 8 heteroatoms. The van der Waals surface area contributed by atoms with Crippen molar-refractivity contribution in [3.63, 3.8) is 0 Å². The first-order chi connectivity index (χ1) is 13.6. The van der Waals surface area contributed by atoms with Gasteiger partial charge in [0.1, 0.15) is 0 Å². The van der Waals surface area contributed by atoms with Gasteiger partial charge < -0.3 is 29.4 Å². The summed E-state index contributed by atoms with van der Waals surface area (Å²) < 4.78 is 10.4. The van der Waals surface area contributed by atoms with E-state index in [0.717, 1.165) is 12.5 Å². The predicted octanol–water partition coefficient (Wildman–Crippen LogP) is 1.92. The van der Waals surface area contributed by atoms with Crippen LogP contribution in [0.5, 0.6) is 11.5 Å². The molecule has 2 aromatic rings. The Kier molecular flexibility index (Phi) is 6.41. The van der Waals surface area contributed by atoms with Crippen molar-refractivity contribution >= 4 is 11.9 Å². The maximum absolute atomic E-state index is 12.4. The van der Waals surface area contributed by atoms with Gasteiger partial charge in [-0.2, -0.15) is 0 Å². The summed E-state index contributed by atoms with van der Waals surface area (Å²) in [6.07, 6.45) is 1.51. The molecule has 28 heavy (non-hydrogen) atoms. The number of carbonyl (C=O) groups is 1. The Labute approximate surface area is 164 Å². The fourth-order valence-electron chi connectivity index (χ4n) is 3.12. The smallest absolute Gasteiger partial charge is 0.289 e. The fourth-order valence-corrected chi connectivity index (χ4v) is 3.12. The van der Waals surface area contributed by atoms with Gasteiger partial charge in [-0.05, 0) is 25.1 Å². The van der Waals surface area contributed by atoms with Gasteiger partial charge in [0.2, 0.25) is 0 Å². The van der Waals surface area contributed by atoms with Gasteiger partial charge in [0.25, 0.3) is 5.91 Å². The first kappa shape index (κ1) is 19.6. The van der Waals surface area contributed by atoms with E-state index >= 15 is 0 Å². The minimum absolute atomic E-state index is 0.0899. The number of piperazine rings is 1. The molecule has 1 amide bonds. The van der Waals surface area contributed by atoms with Gasteiger partial charge in [0.05, 0.1) is 19.9 Å². The largest absolute Gasteiger partial charge is 0.504 e. The van der Waals surface area contributed by atoms with E-state index in [1.807, 2.05) is 19.1 Å². The Morgan fingerprint density at radius 1 is 1.21 bits per heavy atom. The molecule has 2 heterocycles. The van der Waals surface area contributed by atoms with Crippen LogP contribution in [-0.4, -0.2) is 66.6 Å². The summed E-state index contributed by atoms with van der Waals surface area (Å²) in [5, 5.41) is 13.5. The van der Waals surface area contributed by atoms with Crippen molar-refractivity contribution in [2.24, 2.45) is 4.99 Å². The third-order valence-electron chi connectivity index (χ3n) is 4.63. The van der Waals surface area contributed by atoms with E-state index in [-0.39, 0.29) is 11.7 Å². The maximum Gasteiger partial charge on any atom is 0.289 e. The number of carbonyl (C=O) groups excluding carboxylic acids is 1. The van der Waals surface area contributed by atoms with Crippen LogP contribution in [-0.2, 0) is 6.54 Å². The Bertz CT molecular complexity index is 812. The molecule has 1 aromatic heterocycles. The summed E-state index contributed by atoms with van der Waals surface area (Å²) in [6, 6.07) is 8.76. The number of nitrogens with one attached hydrogen (secondary N) is 1. The van der Waals surface area contributed by atoms with E-state index in [1.54, 1.807) is 23.1 Å². The second kappa shape index (κ2) is 9.16. The lowest BCUT2D eigenvalue weighted by atomic mass is 10.2. The SMILES string of the molecule is CCNC(=NCc1cccc(OC)c1O)N1CCN(C(=O)c2ccco2)CC1. The average molecular weight is 386 g/mol. The number of hydrogen-bond acceptors (Lipinski definition) is 5. The van der Waals surface area contributed by atoms with E-state index in [9.17, 15) is 9.90 Å². The van der Waals surface area contributed by atoms with Gasteiger partial charge in [0.15, 0.2) is 23.2 Å². The summed E-state index contributed by atoms with van der Waals surface area (Å²) in [7, 11) is 1.52. The van der Waals surface area contributed by atoms with Crippen LogP contribution in [0.25, 0.3) is 0 Å². The monoisotopic (exact) mass is 386 g/mol. The van der Waals surface area contributed by atoms with Crippen molar-refractivity contribution in [2.75, 3.05) is 39.8 Å². The first-order valence-electron chi connectivity index (χ1n) is 9.35. The second-order valence-electron chi connectivity index (χ2n) is 6.39. The molecule has 1 aliphatic heterocycles. The number of nitrogens with zero attached hydrogens (tertiary/aromatic N) is 3. The third-order valence-corrected chi connectivity index (χ3v) is 4.63. The van der Waals surface area contributed by atoms with Gasteiger partial charge >= 0.3 is 0 Å². The van der Waals surface area contributed by atoms with Crippen LogP contribution < -0.4 is 10.1 Å². The van der Waals surface area contributed by atoms with E-state index in [2.05, 4.69) is 15.2 Å². The quantitative estimate of drug-likeness (QED) is 0.603. The fraction of sp³-hybridized carbons (Fsp3) is 0.400. The van der Waals surface area contributed by atoms with Crippen LogP contribution in [0.1, 0.15) is 23.0 Å². The summed E-state index contributed by atoms with van der Waals surface area (Å²) in [5.41, 5.74) is 0.696. The minimum atomic E-state index is -0.0899. The van der Waals surface area contributed by atoms with Crippen molar-refractivity contribution in [3.8, 4) is 11.5 Å². The van der Waals surface area contributed by atoms with Gasteiger partial charge in [-0.1, -0.05) is 12.1 Å².